The molecule has 39 heavy (non-hydrogen) atoms. The summed E-state index contributed by atoms with van der Waals surface area (Å²) in [6.07, 6.45) is -2.24. The zero-order chi connectivity index (χ0) is 27.4. The van der Waals surface area contributed by atoms with E-state index in [1.165, 1.54) is 13.2 Å². The van der Waals surface area contributed by atoms with Crippen LogP contribution in [0, 0.1) is 0 Å². The number of nitrogens with zero attached hydrogens (tertiary/aromatic N) is 1. The number of carbonyl (C=O) groups is 1. The Morgan fingerprint density at radius 2 is 1.56 bits per heavy atom. The number of fused-ring (bicyclic) bond motifs is 5. The molecule has 204 valence electrons. The van der Waals surface area contributed by atoms with Gasteiger partial charge in [-0.3, -0.25) is 0 Å². The topological polar surface area (TPSA) is 59.0 Å². The third-order valence-electron chi connectivity index (χ3n) is 8.59. The molecule has 2 saturated heterocycles. The van der Waals surface area contributed by atoms with Crippen molar-refractivity contribution in [3.05, 3.63) is 89.0 Å². The monoisotopic (exact) mass is 537 g/mol. The number of aliphatic hydroxyl groups is 1. The first-order chi connectivity index (χ1) is 18.7. The average molecular weight is 538 g/mol. The number of benzene rings is 3. The Morgan fingerprint density at radius 3 is 2.13 bits per heavy atom. The van der Waals surface area contributed by atoms with Crippen LogP contribution in [0.3, 0.4) is 0 Å². The Hall–Kier alpha value is -3.52. The van der Waals surface area contributed by atoms with Crippen molar-refractivity contribution in [3.8, 4) is 16.9 Å². The number of hydrogen-bond donors (Lipinski definition) is 1. The fraction of sp³-hybridized carbons (Fsp3) is 0.387. The summed E-state index contributed by atoms with van der Waals surface area (Å²) >= 11 is 0. The summed E-state index contributed by atoms with van der Waals surface area (Å²) in [7, 11) is 1.30. The fourth-order valence-corrected chi connectivity index (χ4v) is 6.87. The summed E-state index contributed by atoms with van der Waals surface area (Å²) in [6, 6.07) is 18.9. The van der Waals surface area contributed by atoms with Gasteiger partial charge in [0.05, 0.1) is 18.3 Å². The first-order valence-corrected chi connectivity index (χ1v) is 13.3. The third kappa shape index (κ3) is 4.44. The second kappa shape index (κ2) is 9.59. The Morgan fingerprint density at radius 1 is 0.974 bits per heavy atom. The molecule has 8 heteroatoms. The van der Waals surface area contributed by atoms with Gasteiger partial charge in [0, 0.05) is 36.4 Å². The summed E-state index contributed by atoms with van der Waals surface area (Å²) in [5.74, 6) is -0.0562. The number of methoxy groups -OCH3 is 1. The second-order valence-electron chi connectivity index (χ2n) is 10.8. The van der Waals surface area contributed by atoms with Crippen molar-refractivity contribution < 1.29 is 32.5 Å². The summed E-state index contributed by atoms with van der Waals surface area (Å²) in [5.41, 5.74) is 2.65. The van der Waals surface area contributed by atoms with Crippen LogP contribution >= 0.6 is 0 Å². The van der Waals surface area contributed by atoms with Gasteiger partial charge >= 0.3 is 12.3 Å². The van der Waals surface area contributed by atoms with E-state index in [1.807, 2.05) is 24.3 Å². The maximum atomic E-state index is 13.5. The van der Waals surface area contributed by atoms with Crippen LogP contribution in [0.25, 0.3) is 11.1 Å². The molecule has 6 rings (SSSR count). The normalized spacial score (nSPS) is 24.2. The highest BCUT2D eigenvalue weighted by Crippen LogP contribution is 2.49. The van der Waals surface area contributed by atoms with E-state index in [0.717, 1.165) is 40.8 Å². The minimum absolute atomic E-state index is 0.0000102. The average Bonchev–Trinajstić information content (AvgIpc) is 3.24. The molecule has 2 fully saturated rings. The lowest BCUT2D eigenvalue weighted by molar-refractivity contribution is -0.137. The van der Waals surface area contributed by atoms with Crippen LogP contribution in [0.15, 0.2) is 66.7 Å². The third-order valence-corrected chi connectivity index (χ3v) is 8.59. The molecule has 0 radical (unpaired) electrons. The summed E-state index contributed by atoms with van der Waals surface area (Å²) < 4.78 is 51.0. The maximum Gasteiger partial charge on any atom is 0.416 e. The molecule has 2 unspecified atom stereocenters. The first kappa shape index (κ1) is 25.7. The Balaban J connectivity index is 1.21. The van der Waals surface area contributed by atoms with Gasteiger partial charge in [-0.25, -0.2) is 4.79 Å². The van der Waals surface area contributed by atoms with Gasteiger partial charge in [0.25, 0.3) is 0 Å². The van der Waals surface area contributed by atoms with Crippen LogP contribution < -0.4 is 4.74 Å². The number of amides is 1. The number of alkyl halides is 3. The zero-order valence-corrected chi connectivity index (χ0v) is 21.6. The lowest BCUT2D eigenvalue weighted by Gasteiger charge is -2.51. The molecule has 0 saturated carbocycles. The minimum atomic E-state index is -4.52. The van der Waals surface area contributed by atoms with E-state index in [-0.39, 0.29) is 43.2 Å². The highest BCUT2D eigenvalue weighted by atomic mass is 19.4. The Kier molecular flexibility index (Phi) is 6.33. The molecule has 3 aromatic rings. The SMILES string of the molecule is COc1cc(C(F)(F)F)ccc1C1(O)CC2CCCC(C1)N2C(=O)OCC1c2ccccc2-c2ccccc21. The molecule has 5 nitrogen and oxygen atoms in total. The highest BCUT2D eigenvalue weighted by molar-refractivity contribution is 5.79. The fourth-order valence-electron chi connectivity index (χ4n) is 6.87. The van der Waals surface area contributed by atoms with E-state index in [2.05, 4.69) is 24.3 Å². The lowest BCUT2D eigenvalue weighted by atomic mass is 9.72. The van der Waals surface area contributed by atoms with Crippen molar-refractivity contribution in [2.75, 3.05) is 13.7 Å². The number of halogens is 3. The molecule has 2 bridgehead atoms. The van der Waals surface area contributed by atoms with Crippen LogP contribution in [0.5, 0.6) is 5.75 Å². The maximum absolute atomic E-state index is 13.5. The summed E-state index contributed by atoms with van der Waals surface area (Å²) in [6.45, 7) is 0.208. The van der Waals surface area contributed by atoms with E-state index in [1.54, 1.807) is 4.90 Å². The highest BCUT2D eigenvalue weighted by Gasteiger charge is 2.50. The number of piperidine rings is 2. The first-order valence-electron chi connectivity index (χ1n) is 13.3. The van der Waals surface area contributed by atoms with Crippen LogP contribution in [0.4, 0.5) is 18.0 Å². The molecular formula is C31H30F3NO4. The van der Waals surface area contributed by atoms with Crippen molar-refractivity contribution in [1.82, 2.24) is 4.90 Å². The standard InChI is InChI=1S/C31H30F3NO4/c1-38-28-15-19(31(32,33)34)13-14-27(28)30(37)16-20-7-6-8-21(17-30)35(20)29(36)39-18-26-24-11-4-2-9-22(24)23-10-3-5-12-25(23)26/h2-5,9-15,20-21,26,37H,6-8,16-18H2,1H3. The number of rotatable bonds is 4. The van der Waals surface area contributed by atoms with Gasteiger partial charge in [-0.15, -0.1) is 0 Å². The molecule has 3 aromatic carbocycles. The van der Waals surface area contributed by atoms with Gasteiger partial charge < -0.3 is 19.5 Å². The molecule has 1 N–H and O–H groups in total. The van der Waals surface area contributed by atoms with E-state index in [9.17, 15) is 23.1 Å². The Labute approximate surface area is 225 Å². The molecule has 0 spiro atoms. The van der Waals surface area contributed by atoms with Crippen molar-refractivity contribution in [1.29, 1.82) is 0 Å². The van der Waals surface area contributed by atoms with E-state index >= 15 is 0 Å². The van der Waals surface area contributed by atoms with Gasteiger partial charge in [-0.05, 0) is 53.6 Å². The zero-order valence-electron chi connectivity index (χ0n) is 21.6. The van der Waals surface area contributed by atoms with Gasteiger partial charge in [0.2, 0.25) is 0 Å². The quantitative estimate of drug-likeness (QED) is 0.395. The Bertz CT molecular complexity index is 1350. The minimum Gasteiger partial charge on any atom is -0.496 e. The van der Waals surface area contributed by atoms with Crippen LogP contribution in [-0.4, -0.2) is 41.9 Å². The molecule has 3 aliphatic rings. The number of hydrogen-bond acceptors (Lipinski definition) is 4. The molecule has 1 aliphatic carbocycles. The second-order valence-corrected chi connectivity index (χ2v) is 10.8. The molecule has 2 atom stereocenters. The van der Waals surface area contributed by atoms with Crippen molar-refractivity contribution in [2.45, 2.75) is 61.9 Å². The molecular weight excluding hydrogens is 507 g/mol. The summed E-state index contributed by atoms with van der Waals surface area (Å²) in [4.78, 5) is 15.2. The van der Waals surface area contributed by atoms with Gasteiger partial charge in [-0.2, -0.15) is 13.2 Å². The number of ether oxygens (including phenoxy) is 2. The smallest absolute Gasteiger partial charge is 0.416 e. The molecule has 2 heterocycles. The molecule has 2 aliphatic heterocycles. The van der Waals surface area contributed by atoms with E-state index in [4.69, 9.17) is 9.47 Å². The van der Waals surface area contributed by atoms with Crippen molar-refractivity contribution in [3.63, 3.8) is 0 Å². The predicted molar refractivity (Wildman–Crippen MR) is 139 cm³/mol. The predicted octanol–water partition coefficient (Wildman–Crippen LogP) is 6.87. The molecule has 1 amide bonds. The number of carbonyl (C=O) groups excluding carboxylic acids is 1. The van der Waals surface area contributed by atoms with Crippen LogP contribution in [-0.2, 0) is 16.5 Å². The van der Waals surface area contributed by atoms with E-state index in [0.29, 0.717) is 18.4 Å². The summed E-state index contributed by atoms with van der Waals surface area (Å²) in [5, 5.41) is 11.7. The van der Waals surface area contributed by atoms with E-state index < -0.39 is 23.4 Å². The van der Waals surface area contributed by atoms with Crippen molar-refractivity contribution >= 4 is 6.09 Å². The largest absolute Gasteiger partial charge is 0.496 e. The molecule has 0 aromatic heterocycles. The lowest BCUT2D eigenvalue weighted by Crippen LogP contribution is -2.59. The van der Waals surface area contributed by atoms with Crippen molar-refractivity contribution in [2.24, 2.45) is 0 Å². The van der Waals surface area contributed by atoms with Gasteiger partial charge in [-0.1, -0.05) is 54.6 Å². The van der Waals surface area contributed by atoms with Gasteiger partial charge in [0.15, 0.2) is 0 Å². The van der Waals surface area contributed by atoms with Crippen LogP contribution in [0.2, 0.25) is 0 Å². The van der Waals surface area contributed by atoms with Crippen LogP contribution in [0.1, 0.15) is 60.3 Å². The van der Waals surface area contributed by atoms with Gasteiger partial charge in [0.1, 0.15) is 12.4 Å².